The summed E-state index contributed by atoms with van der Waals surface area (Å²) in [5.74, 6) is -1.37. The number of carboxylic acid groups (broad SMARTS) is 1. The van der Waals surface area contributed by atoms with Crippen LogP contribution in [0.1, 0.15) is 30.1 Å². The zero-order valence-electron chi connectivity index (χ0n) is 9.94. The first-order valence-electron chi connectivity index (χ1n) is 5.52. The van der Waals surface area contributed by atoms with Gasteiger partial charge in [0, 0.05) is 16.9 Å². The summed E-state index contributed by atoms with van der Waals surface area (Å²) in [6.45, 7) is 1.89. The predicted octanol–water partition coefficient (Wildman–Crippen LogP) is 2.21. The lowest BCUT2D eigenvalue weighted by Gasteiger charge is -2.11. The number of hydrogen-bond acceptors (Lipinski definition) is 3. The van der Waals surface area contributed by atoms with Gasteiger partial charge in [0.15, 0.2) is 0 Å². The van der Waals surface area contributed by atoms with Gasteiger partial charge in [0.1, 0.15) is 0 Å². The number of halogens is 1. The molecule has 5 nitrogen and oxygen atoms in total. The lowest BCUT2D eigenvalue weighted by Crippen LogP contribution is -2.26. The fraction of sp³-hybridized carbons (Fsp3) is 0.333. The van der Waals surface area contributed by atoms with Crippen LogP contribution in [0, 0.1) is 0 Å². The molecular formula is C12H15BrN2O3. The Labute approximate surface area is 113 Å². The molecule has 0 aromatic heterocycles. The van der Waals surface area contributed by atoms with Crippen LogP contribution in [0.4, 0.5) is 5.69 Å². The van der Waals surface area contributed by atoms with Crippen molar-refractivity contribution in [2.45, 2.75) is 25.8 Å². The molecule has 0 spiro atoms. The summed E-state index contributed by atoms with van der Waals surface area (Å²) in [6, 6.07) is 4.38. The molecule has 1 aromatic carbocycles. The van der Waals surface area contributed by atoms with Crippen LogP contribution >= 0.6 is 15.9 Å². The van der Waals surface area contributed by atoms with Crippen molar-refractivity contribution in [2.75, 3.05) is 5.32 Å². The molecule has 0 aliphatic rings. The smallest absolute Gasteiger partial charge is 0.337 e. The first-order chi connectivity index (χ1) is 8.43. The minimum absolute atomic E-state index is 0.0524. The molecule has 6 heteroatoms. The molecule has 0 aliphatic carbocycles. The fourth-order valence-corrected chi connectivity index (χ4v) is 1.75. The monoisotopic (exact) mass is 314 g/mol. The van der Waals surface area contributed by atoms with E-state index in [0.29, 0.717) is 10.9 Å². The molecule has 1 rings (SSSR count). The first-order valence-corrected chi connectivity index (χ1v) is 6.31. The number of rotatable bonds is 5. The van der Waals surface area contributed by atoms with Gasteiger partial charge < -0.3 is 16.2 Å². The topological polar surface area (TPSA) is 92.4 Å². The van der Waals surface area contributed by atoms with Gasteiger partial charge in [-0.05, 0) is 24.6 Å². The molecule has 0 saturated carbocycles. The van der Waals surface area contributed by atoms with Crippen molar-refractivity contribution in [3.63, 3.8) is 0 Å². The summed E-state index contributed by atoms with van der Waals surface area (Å²) < 4.78 is 0.697. The van der Waals surface area contributed by atoms with Crippen LogP contribution in [0.25, 0.3) is 0 Å². The summed E-state index contributed by atoms with van der Waals surface area (Å²) >= 11 is 3.23. The number of nitrogens with one attached hydrogen (secondary N) is 1. The fourth-order valence-electron chi connectivity index (χ4n) is 1.39. The van der Waals surface area contributed by atoms with Gasteiger partial charge in [-0.3, -0.25) is 4.79 Å². The summed E-state index contributed by atoms with van der Waals surface area (Å²) in [5.41, 5.74) is 5.99. The number of carbonyl (C=O) groups is 2. The Balaban J connectivity index is 2.86. The van der Waals surface area contributed by atoms with E-state index in [9.17, 15) is 9.59 Å². The van der Waals surface area contributed by atoms with Crippen molar-refractivity contribution in [2.24, 2.45) is 5.73 Å². The summed E-state index contributed by atoms with van der Waals surface area (Å²) in [4.78, 5) is 22.7. The highest BCUT2D eigenvalue weighted by Gasteiger charge is 2.14. The highest BCUT2D eigenvalue weighted by atomic mass is 79.9. The lowest BCUT2D eigenvalue weighted by molar-refractivity contribution is -0.116. The van der Waals surface area contributed by atoms with Crippen molar-refractivity contribution in [1.29, 1.82) is 0 Å². The van der Waals surface area contributed by atoms with Crippen LogP contribution in [0.15, 0.2) is 22.7 Å². The maximum absolute atomic E-state index is 11.7. The Morgan fingerprint density at radius 2 is 2.17 bits per heavy atom. The molecular weight excluding hydrogens is 300 g/mol. The summed E-state index contributed by atoms with van der Waals surface area (Å²) in [5, 5.41) is 11.6. The van der Waals surface area contributed by atoms with Gasteiger partial charge in [0.05, 0.1) is 11.3 Å². The highest BCUT2D eigenvalue weighted by molar-refractivity contribution is 9.10. The van der Waals surface area contributed by atoms with Gasteiger partial charge in [0.25, 0.3) is 0 Å². The Bertz CT molecular complexity index is 463. The normalized spacial score (nSPS) is 11.9. The molecule has 4 N–H and O–H groups in total. The van der Waals surface area contributed by atoms with E-state index in [1.165, 1.54) is 6.07 Å². The van der Waals surface area contributed by atoms with Crippen molar-refractivity contribution in [1.82, 2.24) is 0 Å². The van der Waals surface area contributed by atoms with E-state index >= 15 is 0 Å². The lowest BCUT2D eigenvalue weighted by atomic mass is 10.1. The Hall–Kier alpha value is -1.40. The molecule has 18 heavy (non-hydrogen) atoms. The number of nitrogens with two attached hydrogens (primary N) is 1. The number of anilines is 1. The van der Waals surface area contributed by atoms with E-state index in [2.05, 4.69) is 21.2 Å². The highest BCUT2D eigenvalue weighted by Crippen LogP contribution is 2.21. The number of hydrogen-bond donors (Lipinski definition) is 3. The second-order valence-electron chi connectivity index (χ2n) is 3.92. The SMILES string of the molecule is CCC(N)CC(=O)Nc1cc(Br)ccc1C(=O)O. The van der Waals surface area contributed by atoms with Crippen LogP contribution in [0.3, 0.4) is 0 Å². The predicted molar refractivity (Wildman–Crippen MR) is 72.6 cm³/mol. The standard InChI is InChI=1S/C12H15BrN2O3/c1-2-8(14)6-11(16)15-10-5-7(13)3-4-9(10)12(17)18/h3-5,8H,2,6,14H2,1H3,(H,15,16)(H,17,18). The van der Waals surface area contributed by atoms with Gasteiger partial charge >= 0.3 is 5.97 Å². The van der Waals surface area contributed by atoms with Gasteiger partial charge in [-0.25, -0.2) is 4.79 Å². The number of carboxylic acids is 1. The molecule has 0 aliphatic heterocycles. The zero-order chi connectivity index (χ0) is 13.7. The average Bonchev–Trinajstić information content (AvgIpc) is 2.28. The third-order valence-electron chi connectivity index (χ3n) is 2.46. The maximum Gasteiger partial charge on any atom is 0.337 e. The molecule has 1 amide bonds. The van der Waals surface area contributed by atoms with Crippen LogP contribution in [0.2, 0.25) is 0 Å². The van der Waals surface area contributed by atoms with Gasteiger partial charge in [-0.1, -0.05) is 22.9 Å². The molecule has 0 saturated heterocycles. The minimum Gasteiger partial charge on any atom is -0.478 e. The molecule has 1 atom stereocenters. The van der Waals surface area contributed by atoms with Gasteiger partial charge in [-0.2, -0.15) is 0 Å². The van der Waals surface area contributed by atoms with E-state index in [1.807, 2.05) is 6.92 Å². The van der Waals surface area contributed by atoms with Crippen molar-refractivity contribution >= 4 is 33.5 Å². The van der Waals surface area contributed by atoms with Crippen LogP contribution in [-0.2, 0) is 4.79 Å². The third-order valence-corrected chi connectivity index (χ3v) is 2.95. The maximum atomic E-state index is 11.7. The van der Waals surface area contributed by atoms with Gasteiger partial charge in [-0.15, -0.1) is 0 Å². The second-order valence-corrected chi connectivity index (χ2v) is 4.83. The van der Waals surface area contributed by atoms with Crippen molar-refractivity contribution < 1.29 is 14.7 Å². The molecule has 0 heterocycles. The molecule has 98 valence electrons. The van der Waals surface area contributed by atoms with E-state index in [-0.39, 0.29) is 29.6 Å². The zero-order valence-corrected chi connectivity index (χ0v) is 11.5. The minimum atomic E-state index is -1.09. The number of carbonyl (C=O) groups excluding carboxylic acids is 1. The molecule has 0 fully saturated rings. The van der Waals surface area contributed by atoms with Crippen LogP contribution < -0.4 is 11.1 Å². The molecule has 1 aromatic rings. The van der Waals surface area contributed by atoms with E-state index in [4.69, 9.17) is 10.8 Å². The molecule has 0 radical (unpaired) electrons. The van der Waals surface area contributed by atoms with Crippen molar-refractivity contribution in [3.05, 3.63) is 28.2 Å². The van der Waals surface area contributed by atoms with Gasteiger partial charge in [0.2, 0.25) is 5.91 Å². The first kappa shape index (κ1) is 14.7. The molecule has 0 bridgehead atoms. The Morgan fingerprint density at radius 1 is 1.50 bits per heavy atom. The van der Waals surface area contributed by atoms with Crippen molar-refractivity contribution in [3.8, 4) is 0 Å². The largest absolute Gasteiger partial charge is 0.478 e. The van der Waals surface area contributed by atoms with E-state index in [0.717, 1.165) is 0 Å². The number of aromatic carboxylic acids is 1. The second kappa shape index (κ2) is 6.51. The summed E-state index contributed by atoms with van der Waals surface area (Å²) in [7, 11) is 0. The summed E-state index contributed by atoms with van der Waals surface area (Å²) in [6.07, 6.45) is 0.861. The number of benzene rings is 1. The van der Waals surface area contributed by atoms with Crippen LogP contribution in [-0.4, -0.2) is 23.0 Å². The Morgan fingerprint density at radius 3 is 2.72 bits per heavy atom. The average molecular weight is 315 g/mol. The quantitative estimate of drug-likeness (QED) is 0.777. The third kappa shape index (κ3) is 4.12. The van der Waals surface area contributed by atoms with E-state index in [1.54, 1.807) is 12.1 Å². The molecule has 1 unspecified atom stereocenters. The van der Waals surface area contributed by atoms with E-state index < -0.39 is 5.97 Å². The number of amides is 1. The Kier molecular flexibility index (Phi) is 5.30. The van der Waals surface area contributed by atoms with Crippen LogP contribution in [0.5, 0.6) is 0 Å².